The maximum atomic E-state index is 9.53. The van der Waals surface area contributed by atoms with Crippen LogP contribution in [0.2, 0.25) is 0 Å². The molecular weight excluding hydrogens is 176 g/mol. The van der Waals surface area contributed by atoms with Crippen molar-refractivity contribution in [3.05, 3.63) is 29.8 Å². The van der Waals surface area contributed by atoms with Gasteiger partial charge in [0.25, 0.3) is 0 Å². The molecule has 14 heavy (non-hydrogen) atoms. The van der Waals surface area contributed by atoms with Gasteiger partial charge in [0.15, 0.2) is 0 Å². The summed E-state index contributed by atoms with van der Waals surface area (Å²) in [6.07, 6.45) is 3.83. The number of phenols is 1. The van der Waals surface area contributed by atoms with E-state index in [0.717, 1.165) is 12.8 Å². The van der Waals surface area contributed by atoms with E-state index in [0.29, 0.717) is 16.9 Å². The highest BCUT2D eigenvalue weighted by atomic mass is 16.3. The molecule has 0 unspecified atom stereocenters. The van der Waals surface area contributed by atoms with E-state index < -0.39 is 0 Å². The van der Waals surface area contributed by atoms with E-state index in [1.807, 2.05) is 6.08 Å². The van der Waals surface area contributed by atoms with E-state index in [2.05, 4.69) is 6.92 Å². The van der Waals surface area contributed by atoms with Gasteiger partial charge in [-0.3, -0.25) is 0 Å². The standard InChI is InChI=1S/C11H16N2O/c1-2-3-4-10(13)9-7-8(12)5-6-11(9)14/h4-7,14H,2-3,12-13H2,1H3/b10-4-. The first kappa shape index (κ1) is 10.4. The molecular formula is C11H16N2O. The molecule has 0 aliphatic rings. The highest BCUT2D eigenvalue weighted by Crippen LogP contribution is 2.24. The molecule has 1 aromatic carbocycles. The minimum Gasteiger partial charge on any atom is -0.507 e. The Hall–Kier alpha value is -1.64. The molecule has 1 rings (SSSR count). The number of anilines is 1. The number of unbranched alkanes of at least 4 members (excludes halogenated alkanes) is 1. The van der Waals surface area contributed by atoms with Crippen molar-refractivity contribution in [2.75, 3.05) is 5.73 Å². The second-order valence-electron chi connectivity index (χ2n) is 3.22. The number of phenolic OH excluding ortho intramolecular Hbond substituents is 1. The van der Waals surface area contributed by atoms with Crippen molar-refractivity contribution < 1.29 is 5.11 Å². The van der Waals surface area contributed by atoms with Crippen LogP contribution in [0.3, 0.4) is 0 Å². The molecule has 0 radical (unpaired) electrons. The van der Waals surface area contributed by atoms with Gasteiger partial charge in [-0.15, -0.1) is 0 Å². The molecule has 0 amide bonds. The van der Waals surface area contributed by atoms with Gasteiger partial charge in [0.1, 0.15) is 5.75 Å². The van der Waals surface area contributed by atoms with E-state index in [1.165, 1.54) is 0 Å². The third-order valence-electron chi connectivity index (χ3n) is 1.98. The zero-order valence-corrected chi connectivity index (χ0v) is 8.33. The smallest absolute Gasteiger partial charge is 0.125 e. The second-order valence-corrected chi connectivity index (χ2v) is 3.22. The minimum absolute atomic E-state index is 0.170. The fourth-order valence-corrected chi connectivity index (χ4v) is 1.19. The second kappa shape index (κ2) is 4.56. The summed E-state index contributed by atoms with van der Waals surface area (Å²) >= 11 is 0. The lowest BCUT2D eigenvalue weighted by molar-refractivity contribution is 0.473. The van der Waals surface area contributed by atoms with Crippen LogP contribution in [0.4, 0.5) is 5.69 Å². The van der Waals surface area contributed by atoms with Crippen LogP contribution in [0.15, 0.2) is 24.3 Å². The molecule has 0 spiro atoms. The molecule has 0 aliphatic heterocycles. The average molecular weight is 192 g/mol. The molecule has 0 aromatic heterocycles. The van der Waals surface area contributed by atoms with Gasteiger partial charge in [-0.2, -0.15) is 0 Å². The minimum atomic E-state index is 0.170. The summed E-state index contributed by atoms with van der Waals surface area (Å²) in [5, 5.41) is 9.53. The molecule has 0 saturated heterocycles. The molecule has 3 nitrogen and oxygen atoms in total. The Morgan fingerprint density at radius 2 is 2.21 bits per heavy atom. The van der Waals surface area contributed by atoms with Gasteiger partial charge in [0, 0.05) is 16.9 Å². The maximum absolute atomic E-state index is 9.53. The van der Waals surface area contributed by atoms with E-state index in [-0.39, 0.29) is 5.75 Å². The number of allylic oxidation sites excluding steroid dienone is 1. The summed E-state index contributed by atoms with van der Waals surface area (Å²) < 4.78 is 0. The molecule has 3 heteroatoms. The Kier molecular flexibility index (Phi) is 3.40. The molecule has 0 atom stereocenters. The van der Waals surface area contributed by atoms with Gasteiger partial charge in [-0.25, -0.2) is 0 Å². The Bertz CT molecular complexity index is 345. The van der Waals surface area contributed by atoms with Gasteiger partial charge in [-0.05, 0) is 24.6 Å². The summed E-state index contributed by atoms with van der Waals surface area (Å²) in [7, 11) is 0. The van der Waals surface area contributed by atoms with Crippen molar-refractivity contribution in [1.29, 1.82) is 0 Å². The zero-order chi connectivity index (χ0) is 10.6. The van der Waals surface area contributed by atoms with Crippen LogP contribution in [0.5, 0.6) is 5.75 Å². The maximum Gasteiger partial charge on any atom is 0.125 e. The first-order chi connectivity index (χ1) is 6.65. The topological polar surface area (TPSA) is 72.3 Å². The van der Waals surface area contributed by atoms with Gasteiger partial charge in [0.05, 0.1) is 0 Å². The molecule has 1 aromatic rings. The van der Waals surface area contributed by atoms with E-state index in [9.17, 15) is 5.11 Å². The molecule has 5 N–H and O–H groups in total. The number of aromatic hydroxyl groups is 1. The molecule has 0 saturated carbocycles. The average Bonchev–Trinajstić information content (AvgIpc) is 2.18. The van der Waals surface area contributed by atoms with Crippen molar-refractivity contribution in [1.82, 2.24) is 0 Å². The fraction of sp³-hybridized carbons (Fsp3) is 0.273. The van der Waals surface area contributed by atoms with Crippen molar-refractivity contribution in [3.63, 3.8) is 0 Å². The first-order valence-corrected chi connectivity index (χ1v) is 4.69. The van der Waals surface area contributed by atoms with Crippen LogP contribution < -0.4 is 11.5 Å². The summed E-state index contributed by atoms with van der Waals surface area (Å²) in [5.41, 5.74) is 13.2. The van der Waals surface area contributed by atoms with Crippen molar-refractivity contribution in [2.45, 2.75) is 19.8 Å². The van der Waals surface area contributed by atoms with Gasteiger partial charge < -0.3 is 16.6 Å². The largest absolute Gasteiger partial charge is 0.507 e. The van der Waals surface area contributed by atoms with Crippen LogP contribution in [0.1, 0.15) is 25.3 Å². The Balaban J connectivity index is 2.99. The molecule has 0 heterocycles. The summed E-state index contributed by atoms with van der Waals surface area (Å²) in [5.74, 6) is 0.170. The Morgan fingerprint density at radius 3 is 2.86 bits per heavy atom. The predicted octanol–water partition coefficient (Wildman–Crippen LogP) is 2.07. The first-order valence-electron chi connectivity index (χ1n) is 4.69. The number of nitrogen functional groups attached to an aromatic ring is 1. The molecule has 76 valence electrons. The number of rotatable bonds is 3. The number of nitrogens with two attached hydrogens (primary N) is 2. The van der Waals surface area contributed by atoms with Crippen LogP contribution in [-0.2, 0) is 0 Å². The molecule has 0 fully saturated rings. The van der Waals surface area contributed by atoms with Gasteiger partial charge in [0.2, 0.25) is 0 Å². The van der Waals surface area contributed by atoms with Crippen LogP contribution in [-0.4, -0.2) is 5.11 Å². The Labute approximate surface area is 84.0 Å². The zero-order valence-electron chi connectivity index (χ0n) is 8.33. The van der Waals surface area contributed by atoms with Crippen molar-refractivity contribution >= 4 is 11.4 Å². The quantitative estimate of drug-likeness (QED) is 0.507. The molecule has 0 bridgehead atoms. The highest BCUT2D eigenvalue weighted by Gasteiger charge is 2.03. The SMILES string of the molecule is CCC/C=C(\N)c1cc(N)ccc1O. The number of benzene rings is 1. The Morgan fingerprint density at radius 1 is 1.50 bits per heavy atom. The van der Waals surface area contributed by atoms with E-state index in [1.54, 1.807) is 18.2 Å². The number of hydrogen-bond acceptors (Lipinski definition) is 3. The predicted molar refractivity (Wildman–Crippen MR) is 59.6 cm³/mol. The third kappa shape index (κ3) is 2.42. The van der Waals surface area contributed by atoms with Crippen LogP contribution in [0, 0.1) is 0 Å². The lowest BCUT2D eigenvalue weighted by Gasteiger charge is -2.05. The van der Waals surface area contributed by atoms with Crippen LogP contribution in [0.25, 0.3) is 5.70 Å². The van der Waals surface area contributed by atoms with E-state index in [4.69, 9.17) is 11.5 Å². The third-order valence-corrected chi connectivity index (χ3v) is 1.98. The van der Waals surface area contributed by atoms with Crippen molar-refractivity contribution in [2.24, 2.45) is 5.73 Å². The summed E-state index contributed by atoms with van der Waals surface area (Å²) in [6, 6.07) is 4.88. The monoisotopic (exact) mass is 192 g/mol. The normalized spacial score (nSPS) is 11.6. The number of hydrogen-bond donors (Lipinski definition) is 3. The summed E-state index contributed by atoms with van der Waals surface area (Å²) in [6.45, 7) is 2.07. The highest BCUT2D eigenvalue weighted by molar-refractivity contribution is 5.70. The van der Waals surface area contributed by atoms with Gasteiger partial charge in [-0.1, -0.05) is 19.4 Å². The fourth-order valence-electron chi connectivity index (χ4n) is 1.19. The lowest BCUT2D eigenvalue weighted by atomic mass is 10.1. The van der Waals surface area contributed by atoms with Crippen LogP contribution >= 0.6 is 0 Å². The van der Waals surface area contributed by atoms with Crippen molar-refractivity contribution in [3.8, 4) is 5.75 Å². The van der Waals surface area contributed by atoms with E-state index >= 15 is 0 Å². The summed E-state index contributed by atoms with van der Waals surface area (Å²) in [4.78, 5) is 0. The molecule has 0 aliphatic carbocycles. The lowest BCUT2D eigenvalue weighted by Crippen LogP contribution is -1.98. The van der Waals surface area contributed by atoms with Gasteiger partial charge >= 0.3 is 0 Å².